The number of halogens is 3. The second-order valence-corrected chi connectivity index (χ2v) is 5.78. The molecule has 0 unspecified atom stereocenters. The van der Waals surface area contributed by atoms with Gasteiger partial charge in [-0.3, -0.25) is 9.48 Å². The summed E-state index contributed by atoms with van der Waals surface area (Å²) in [6.07, 6.45) is -2.08. The number of aryl methyl sites for hydroxylation is 1. The van der Waals surface area contributed by atoms with Crippen molar-refractivity contribution in [1.82, 2.24) is 15.1 Å². The zero-order valence-corrected chi connectivity index (χ0v) is 14.2. The molecule has 0 fully saturated rings. The van der Waals surface area contributed by atoms with Gasteiger partial charge in [0.25, 0.3) is 5.91 Å². The minimum atomic E-state index is -4.65. The van der Waals surface area contributed by atoms with E-state index in [9.17, 15) is 18.0 Å². The van der Waals surface area contributed by atoms with E-state index in [0.29, 0.717) is 13.0 Å². The van der Waals surface area contributed by atoms with Gasteiger partial charge in [0, 0.05) is 39.1 Å². The number of hydrogen-bond acceptors (Lipinski definition) is 3. The molecule has 2 rings (SSSR count). The van der Waals surface area contributed by atoms with Gasteiger partial charge in [0.15, 0.2) is 5.69 Å². The van der Waals surface area contributed by atoms with Gasteiger partial charge in [-0.1, -0.05) is 18.2 Å². The molecule has 0 aliphatic carbocycles. The van der Waals surface area contributed by atoms with Crippen molar-refractivity contribution >= 4 is 11.6 Å². The maximum atomic E-state index is 12.9. The molecule has 136 valence electrons. The number of amides is 1. The van der Waals surface area contributed by atoms with Crippen LogP contribution in [-0.4, -0.2) is 35.8 Å². The van der Waals surface area contributed by atoms with E-state index in [-0.39, 0.29) is 0 Å². The lowest BCUT2D eigenvalue weighted by Crippen LogP contribution is -2.27. The van der Waals surface area contributed by atoms with E-state index in [1.165, 1.54) is 7.05 Å². The van der Waals surface area contributed by atoms with Crippen LogP contribution in [0.2, 0.25) is 0 Å². The molecule has 1 aromatic heterocycles. The highest BCUT2D eigenvalue weighted by molar-refractivity contribution is 5.95. The lowest BCUT2D eigenvalue weighted by molar-refractivity contribution is -0.141. The lowest BCUT2D eigenvalue weighted by atomic mass is 10.2. The highest BCUT2D eigenvalue weighted by Gasteiger charge is 2.38. The number of benzene rings is 1. The van der Waals surface area contributed by atoms with E-state index >= 15 is 0 Å². The Balaban J connectivity index is 1.78. The molecule has 0 aliphatic rings. The molecule has 1 amide bonds. The van der Waals surface area contributed by atoms with E-state index in [0.717, 1.165) is 29.5 Å². The summed E-state index contributed by atoms with van der Waals surface area (Å²) >= 11 is 0. The van der Waals surface area contributed by atoms with Crippen molar-refractivity contribution in [3.05, 3.63) is 47.8 Å². The highest BCUT2D eigenvalue weighted by atomic mass is 19.4. The van der Waals surface area contributed by atoms with Gasteiger partial charge in [0.2, 0.25) is 0 Å². The molecule has 2 aromatic rings. The monoisotopic (exact) mass is 354 g/mol. The largest absolute Gasteiger partial charge is 0.435 e. The van der Waals surface area contributed by atoms with Crippen LogP contribution in [0.15, 0.2) is 36.5 Å². The summed E-state index contributed by atoms with van der Waals surface area (Å²) in [7, 11) is 3.32. The molecule has 1 heterocycles. The summed E-state index contributed by atoms with van der Waals surface area (Å²) in [5, 5.41) is 5.86. The fourth-order valence-electron chi connectivity index (χ4n) is 2.45. The van der Waals surface area contributed by atoms with Crippen LogP contribution in [0.4, 0.5) is 18.9 Å². The first kappa shape index (κ1) is 18.8. The fraction of sp³-hybridized carbons (Fsp3) is 0.412. The maximum Gasteiger partial charge on any atom is 0.435 e. The molecule has 0 spiro atoms. The number of alkyl halides is 3. The number of carbonyl (C=O) groups excluding carboxylic acids is 1. The molecule has 5 nitrogen and oxygen atoms in total. The van der Waals surface area contributed by atoms with Crippen LogP contribution in [0.3, 0.4) is 0 Å². The molecule has 0 aliphatic heterocycles. The lowest BCUT2D eigenvalue weighted by Gasteiger charge is -2.19. The van der Waals surface area contributed by atoms with Crippen LogP contribution in [0.25, 0.3) is 0 Å². The summed E-state index contributed by atoms with van der Waals surface area (Å²) in [5.41, 5.74) is -0.510. The second-order valence-electron chi connectivity index (χ2n) is 5.78. The van der Waals surface area contributed by atoms with E-state index in [1.54, 1.807) is 0 Å². The van der Waals surface area contributed by atoms with Crippen LogP contribution in [0.1, 0.15) is 28.9 Å². The maximum absolute atomic E-state index is 12.9. The standard InChI is InChI=1S/C17H21F3N4O/c1-23(13-8-4-3-5-9-13)11-7-6-10-21-16(25)14-12-24(2)22-15(14)17(18,19)20/h3-5,8-9,12H,6-7,10-11H2,1-2H3,(H,21,25). The summed E-state index contributed by atoms with van der Waals surface area (Å²) in [6, 6.07) is 9.86. The zero-order chi connectivity index (χ0) is 18.4. The van der Waals surface area contributed by atoms with Crippen molar-refractivity contribution in [2.24, 2.45) is 7.05 Å². The summed E-state index contributed by atoms with van der Waals surface area (Å²) < 4.78 is 39.6. The highest BCUT2D eigenvalue weighted by Crippen LogP contribution is 2.30. The number of nitrogens with zero attached hydrogens (tertiary/aromatic N) is 3. The third kappa shape index (κ3) is 5.23. The Morgan fingerprint density at radius 2 is 1.92 bits per heavy atom. The van der Waals surface area contributed by atoms with E-state index in [2.05, 4.69) is 15.3 Å². The van der Waals surface area contributed by atoms with Gasteiger partial charge in [-0.15, -0.1) is 0 Å². The number of aromatic nitrogens is 2. The SMILES string of the molecule is CN(CCCCNC(=O)c1cn(C)nc1C(F)(F)F)c1ccccc1. The van der Waals surface area contributed by atoms with E-state index in [1.807, 2.05) is 37.4 Å². The van der Waals surface area contributed by atoms with Crippen molar-refractivity contribution in [3.8, 4) is 0 Å². The summed E-state index contributed by atoms with van der Waals surface area (Å²) in [4.78, 5) is 14.1. The van der Waals surface area contributed by atoms with Gasteiger partial charge in [-0.25, -0.2) is 0 Å². The molecule has 8 heteroatoms. The third-order valence-corrected chi connectivity index (χ3v) is 3.74. The number of nitrogens with one attached hydrogen (secondary N) is 1. The number of hydrogen-bond donors (Lipinski definition) is 1. The average Bonchev–Trinajstić information content (AvgIpc) is 2.97. The normalized spacial score (nSPS) is 11.4. The van der Waals surface area contributed by atoms with Gasteiger partial charge in [-0.2, -0.15) is 18.3 Å². The molecule has 0 bridgehead atoms. The van der Waals surface area contributed by atoms with Gasteiger partial charge in [0.1, 0.15) is 0 Å². The Morgan fingerprint density at radius 3 is 2.56 bits per heavy atom. The summed E-state index contributed by atoms with van der Waals surface area (Å²) in [5.74, 6) is -0.753. The summed E-state index contributed by atoms with van der Waals surface area (Å²) in [6.45, 7) is 1.11. The molecular formula is C17H21F3N4O. The van der Waals surface area contributed by atoms with E-state index < -0.39 is 23.3 Å². The van der Waals surface area contributed by atoms with Crippen LogP contribution < -0.4 is 10.2 Å². The van der Waals surface area contributed by atoms with Gasteiger partial charge in [-0.05, 0) is 25.0 Å². The van der Waals surface area contributed by atoms with Crippen LogP contribution in [0, 0.1) is 0 Å². The Morgan fingerprint density at radius 1 is 1.24 bits per heavy atom. The minimum Gasteiger partial charge on any atom is -0.375 e. The topological polar surface area (TPSA) is 50.2 Å². The Kier molecular flexibility index (Phi) is 6.06. The molecule has 1 aromatic carbocycles. The fourth-order valence-corrected chi connectivity index (χ4v) is 2.45. The predicted octanol–water partition coefficient (Wildman–Crippen LogP) is 3.09. The molecule has 25 heavy (non-hydrogen) atoms. The average molecular weight is 354 g/mol. The predicted molar refractivity (Wildman–Crippen MR) is 89.5 cm³/mol. The van der Waals surface area contributed by atoms with E-state index in [4.69, 9.17) is 0 Å². The Hall–Kier alpha value is -2.51. The molecule has 0 saturated heterocycles. The third-order valence-electron chi connectivity index (χ3n) is 3.74. The van der Waals surface area contributed by atoms with Crippen LogP contribution in [-0.2, 0) is 13.2 Å². The first-order chi connectivity index (χ1) is 11.8. The number of para-hydroxylation sites is 1. The number of anilines is 1. The number of rotatable bonds is 7. The van der Waals surface area contributed by atoms with Gasteiger partial charge >= 0.3 is 6.18 Å². The minimum absolute atomic E-state index is 0.313. The first-order valence-electron chi connectivity index (χ1n) is 7.94. The van der Waals surface area contributed by atoms with Crippen molar-refractivity contribution in [1.29, 1.82) is 0 Å². The van der Waals surface area contributed by atoms with Crippen molar-refractivity contribution in [2.45, 2.75) is 19.0 Å². The molecule has 0 atom stereocenters. The molecule has 0 saturated carbocycles. The number of unbranched alkanes of at least 4 members (excludes halogenated alkanes) is 1. The van der Waals surface area contributed by atoms with Crippen LogP contribution in [0.5, 0.6) is 0 Å². The smallest absolute Gasteiger partial charge is 0.375 e. The molecular weight excluding hydrogens is 333 g/mol. The van der Waals surface area contributed by atoms with Crippen molar-refractivity contribution < 1.29 is 18.0 Å². The first-order valence-corrected chi connectivity index (χ1v) is 7.94. The Labute approximate surface area is 144 Å². The van der Waals surface area contributed by atoms with Gasteiger partial charge < -0.3 is 10.2 Å². The van der Waals surface area contributed by atoms with Crippen molar-refractivity contribution in [2.75, 3.05) is 25.0 Å². The second kappa shape index (κ2) is 8.04. The van der Waals surface area contributed by atoms with Crippen LogP contribution >= 0.6 is 0 Å². The van der Waals surface area contributed by atoms with Gasteiger partial charge in [0.05, 0.1) is 5.56 Å². The quantitative estimate of drug-likeness (QED) is 0.778. The van der Waals surface area contributed by atoms with Crippen molar-refractivity contribution in [3.63, 3.8) is 0 Å². The molecule has 0 radical (unpaired) electrons. The molecule has 1 N–H and O–H groups in total. The number of carbonyl (C=O) groups is 1. The Bertz CT molecular complexity index is 698. The zero-order valence-electron chi connectivity index (χ0n) is 14.2.